The van der Waals surface area contributed by atoms with E-state index in [-0.39, 0.29) is 15.7 Å². The number of sulfone groups is 1. The van der Waals surface area contributed by atoms with Gasteiger partial charge in [0.1, 0.15) is 4.21 Å². The highest BCUT2D eigenvalue weighted by atomic mass is 32.2. The Balaban J connectivity index is 2.13. The molecule has 1 saturated heterocycles. The maximum atomic E-state index is 12.3. The zero-order valence-corrected chi connectivity index (χ0v) is 14.5. The highest BCUT2D eigenvalue weighted by Crippen LogP contribution is 2.26. The number of aryl methyl sites for hydroxylation is 1. The van der Waals surface area contributed by atoms with Crippen molar-refractivity contribution in [1.29, 1.82) is 0 Å². The van der Waals surface area contributed by atoms with Gasteiger partial charge in [0, 0.05) is 17.5 Å². The van der Waals surface area contributed by atoms with Gasteiger partial charge in [-0.1, -0.05) is 6.92 Å². The fraction of sp³-hybridized carbons (Fsp3) is 0.667. The van der Waals surface area contributed by atoms with Crippen molar-refractivity contribution in [1.82, 2.24) is 10.0 Å². The first-order valence-corrected chi connectivity index (χ1v) is 10.9. The second-order valence-corrected chi connectivity index (χ2v) is 10.5. The van der Waals surface area contributed by atoms with Crippen molar-refractivity contribution in [3.05, 3.63) is 16.5 Å². The third-order valence-corrected chi connectivity index (χ3v) is 8.35. The molecule has 21 heavy (non-hydrogen) atoms. The molecule has 0 saturated carbocycles. The maximum Gasteiger partial charge on any atom is 0.250 e. The van der Waals surface area contributed by atoms with Crippen LogP contribution in [0.2, 0.25) is 0 Å². The molecule has 1 aliphatic heterocycles. The van der Waals surface area contributed by atoms with Gasteiger partial charge in [0.25, 0.3) is 0 Å². The van der Waals surface area contributed by atoms with E-state index in [1.54, 1.807) is 6.07 Å². The van der Waals surface area contributed by atoms with E-state index in [0.717, 1.165) is 17.0 Å². The van der Waals surface area contributed by atoms with Crippen LogP contribution in [0.4, 0.5) is 0 Å². The van der Waals surface area contributed by atoms with Gasteiger partial charge in [-0.3, -0.25) is 0 Å². The van der Waals surface area contributed by atoms with E-state index in [0.29, 0.717) is 13.0 Å². The molecule has 6 nitrogen and oxygen atoms in total. The van der Waals surface area contributed by atoms with Gasteiger partial charge in [0.15, 0.2) is 9.84 Å². The van der Waals surface area contributed by atoms with E-state index >= 15 is 0 Å². The summed E-state index contributed by atoms with van der Waals surface area (Å²) in [5.74, 6) is -0.0594. The zero-order valence-electron chi connectivity index (χ0n) is 12.0. The lowest BCUT2D eigenvalue weighted by atomic mass is 10.3. The lowest BCUT2D eigenvalue weighted by Crippen LogP contribution is -2.35. The molecule has 1 aromatic heterocycles. The van der Waals surface area contributed by atoms with Crippen LogP contribution < -0.4 is 10.0 Å². The summed E-state index contributed by atoms with van der Waals surface area (Å²) in [5.41, 5.74) is 0.931. The zero-order chi connectivity index (χ0) is 15.7. The van der Waals surface area contributed by atoms with Gasteiger partial charge in [-0.2, -0.15) is 0 Å². The van der Waals surface area contributed by atoms with Crippen LogP contribution in [0.1, 0.15) is 23.8 Å². The minimum absolute atomic E-state index is 0.0509. The van der Waals surface area contributed by atoms with Crippen molar-refractivity contribution < 1.29 is 16.8 Å². The summed E-state index contributed by atoms with van der Waals surface area (Å²) in [4.78, 5) is 0.983. The van der Waals surface area contributed by atoms with Gasteiger partial charge in [-0.15, -0.1) is 11.3 Å². The van der Waals surface area contributed by atoms with E-state index in [2.05, 4.69) is 10.0 Å². The molecule has 1 aromatic rings. The summed E-state index contributed by atoms with van der Waals surface area (Å²) in [6, 6.07) is 1.13. The lowest BCUT2D eigenvalue weighted by molar-refractivity contribution is 0.564. The number of hydrogen-bond donors (Lipinski definition) is 2. The Kier molecular flexibility index (Phi) is 5.09. The summed E-state index contributed by atoms with van der Waals surface area (Å²) in [6.07, 6.45) is 0.343. The molecule has 0 radical (unpaired) electrons. The Labute approximate surface area is 129 Å². The molecule has 120 valence electrons. The van der Waals surface area contributed by atoms with Crippen LogP contribution in [0.5, 0.6) is 0 Å². The van der Waals surface area contributed by atoms with Gasteiger partial charge in [-0.25, -0.2) is 21.6 Å². The van der Waals surface area contributed by atoms with Crippen LogP contribution >= 0.6 is 11.3 Å². The molecule has 0 amide bonds. The van der Waals surface area contributed by atoms with Crippen LogP contribution in [0.25, 0.3) is 0 Å². The summed E-state index contributed by atoms with van der Waals surface area (Å²) in [7, 11) is -6.74. The molecule has 2 N–H and O–H groups in total. The summed E-state index contributed by atoms with van der Waals surface area (Å²) in [6.45, 7) is 5.32. The van der Waals surface area contributed by atoms with E-state index in [1.807, 2.05) is 13.8 Å². The summed E-state index contributed by atoms with van der Waals surface area (Å²) >= 11 is 1.23. The number of sulfonamides is 1. The fourth-order valence-corrected chi connectivity index (χ4v) is 6.83. The molecule has 1 aliphatic rings. The number of hydrogen-bond acceptors (Lipinski definition) is 6. The monoisotopic (exact) mass is 352 g/mol. The molecule has 1 unspecified atom stereocenters. The smallest absolute Gasteiger partial charge is 0.250 e. The van der Waals surface area contributed by atoms with Crippen LogP contribution in [0.15, 0.2) is 10.3 Å². The first kappa shape index (κ1) is 16.9. The van der Waals surface area contributed by atoms with Crippen molar-refractivity contribution in [2.24, 2.45) is 0 Å². The van der Waals surface area contributed by atoms with Crippen LogP contribution in [-0.2, 0) is 26.4 Å². The predicted molar refractivity (Wildman–Crippen MR) is 83.8 cm³/mol. The van der Waals surface area contributed by atoms with Gasteiger partial charge in [-0.05, 0) is 31.5 Å². The second-order valence-electron chi connectivity index (χ2n) is 5.17. The first-order valence-electron chi connectivity index (χ1n) is 6.76. The normalized spacial score (nSPS) is 21.7. The third kappa shape index (κ3) is 4.26. The minimum atomic E-state index is -3.64. The van der Waals surface area contributed by atoms with E-state index in [4.69, 9.17) is 0 Å². The van der Waals surface area contributed by atoms with Crippen molar-refractivity contribution in [3.8, 4) is 0 Å². The van der Waals surface area contributed by atoms with Gasteiger partial charge in [0.05, 0.1) is 11.5 Å². The Morgan fingerprint density at radius 2 is 2.14 bits per heavy atom. The molecule has 1 atom stereocenters. The minimum Gasteiger partial charge on any atom is -0.312 e. The van der Waals surface area contributed by atoms with E-state index in [1.165, 1.54) is 11.3 Å². The molecule has 0 aliphatic carbocycles. The van der Waals surface area contributed by atoms with Crippen LogP contribution in [0, 0.1) is 6.92 Å². The average molecular weight is 353 g/mol. The molecular weight excluding hydrogens is 332 g/mol. The second kappa shape index (κ2) is 6.33. The topological polar surface area (TPSA) is 92.3 Å². The SMILES string of the molecule is CCNCc1sc(S(=O)(=O)NC2CCS(=O)(=O)C2)cc1C. The number of thiophene rings is 1. The largest absolute Gasteiger partial charge is 0.312 e. The van der Waals surface area contributed by atoms with Crippen LogP contribution in [-0.4, -0.2) is 40.9 Å². The molecule has 0 spiro atoms. The first-order chi connectivity index (χ1) is 9.73. The summed E-state index contributed by atoms with van der Waals surface area (Å²) in [5, 5.41) is 3.17. The Morgan fingerprint density at radius 1 is 1.43 bits per heavy atom. The fourth-order valence-electron chi connectivity index (χ4n) is 2.20. The molecule has 9 heteroatoms. The number of nitrogens with one attached hydrogen (secondary N) is 2. The predicted octanol–water partition coefficient (Wildman–Crippen LogP) is 0.631. The highest BCUT2D eigenvalue weighted by molar-refractivity contribution is 7.92. The molecule has 2 heterocycles. The van der Waals surface area contributed by atoms with Crippen molar-refractivity contribution in [2.45, 2.75) is 37.1 Å². The average Bonchev–Trinajstić information content (AvgIpc) is 2.90. The third-order valence-electron chi connectivity index (χ3n) is 3.35. The van der Waals surface area contributed by atoms with Gasteiger partial charge >= 0.3 is 0 Å². The van der Waals surface area contributed by atoms with Gasteiger partial charge in [0.2, 0.25) is 10.0 Å². The van der Waals surface area contributed by atoms with Crippen molar-refractivity contribution in [2.75, 3.05) is 18.1 Å². The Bertz CT molecular complexity index is 707. The summed E-state index contributed by atoms with van der Waals surface area (Å²) < 4.78 is 50.2. The van der Waals surface area contributed by atoms with E-state index < -0.39 is 25.9 Å². The van der Waals surface area contributed by atoms with E-state index in [9.17, 15) is 16.8 Å². The quantitative estimate of drug-likeness (QED) is 0.783. The lowest BCUT2D eigenvalue weighted by Gasteiger charge is -2.09. The van der Waals surface area contributed by atoms with Crippen LogP contribution in [0.3, 0.4) is 0 Å². The Hall–Kier alpha value is -0.480. The maximum absolute atomic E-state index is 12.3. The van der Waals surface area contributed by atoms with Crippen molar-refractivity contribution in [3.63, 3.8) is 0 Å². The molecule has 0 bridgehead atoms. The van der Waals surface area contributed by atoms with Gasteiger partial charge < -0.3 is 5.32 Å². The Morgan fingerprint density at radius 3 is 2.71 bits per heavy atom. The standard InChI is InChI=1S/C12H20N2O4S3/c1-3-13-7-11-9(2)6-12(19-11)21(17,18)14-10-4-5-20(15,16)8-10/h6,10,13-14H,3-5,7-8H2,1-2H3. The molecule has 1 fully saturated rings. The molecular formula is C12H20N2O4S3. The number of rotatable bonds is 6. The molecule has 2 rings (SSSR count). The highest BCUT2D eigenvalue weighted by Gasteiger charge is 2.32. The molecule has 0 aromatic carbocycles. The van der Waals surface area contributed by atoms with Crippen molar-refractivity contribution >= 4 is 31.2 Å².